The Kier molecular flexibility index (Phi) is 3.95. The summed E-state index contributed by atoms with van der Waals surface area (Å²) in [4.78, 5) is 17.9. The fourth-order valence-corrected chi connectivity index (χ4v) is 2.40. The lowest BCUT2D eigenvalue weighted by molar-refractivity contribution is -0.134. The Bertz CT molecular complexity index is 644. The lowest BCUT2D eigenvalue weighted by Gasteiger charge is -2.30. The molecule has 1 aromatic carbocycles. The van der Waals surface area contributed by atoms with E-state index >= 15 is 0 Å². The van der Waals surface area contributed by atoms with Crippen LogP contribution in [0, 0.1) is 0 Å². The second kappa shape index (κ2) is 6.05. The summed E-state index contributed by atoms with van der Waals surface area (Å²) in [5.74, 6) is 1.40. The summed E-state index contributed by atoms with van der Waals surface area (Å²) in [5.41, 5.74) is 0. The molecular weight excluding hydrogens is 284 g/mol. The van der Waals surface area contributed by atoms with Crippen molar-refractivity contribution in [1.29, 1.82) is 0 Å². The number of nitrogens with zero attached hydrogens (tertiary/aromatic N) is 4. The van der Waals surface area contributed by atoms with Crippen molar-refractivity contribution in [2.75, 3.05) is 20.2 Å². The molecule has 0 saturated heterocycles. The minimum absolute atomic E-state index is 0.0482. The number of para-hydroxylation sites is 2. The molecule has 0 bridgehead atoms. The summed E-state index contributed by atoms with van der Waals surface area (Å²) in [6.07, 6.45) is 2.76. The molecule has 7 nitrogen and oxygen atoms in total. The molecule has 0 radical (unpaired) electrons. The summed E-state index contributed by atoms with van der Waals surface area (Å²) in [7, 11) is 1.75. The van der Waals surface area contributed by atoms with Crippen molar-refractivity contribution in [1.82, 2.24) is 19.7 Å². The number of benzene rings is 1. The van der Waals surface area contributed by atoms with Crippen molar-refractivity contribution >= 4 is 5.91 Å². The smallest absolute Gasteiger partial charge is 0.247 e. The van der Waals surface area contributed by atoms with E-state index in [-0.39, 0.29) is 12.0 Å². The van der Waals surface area contributed by atoms with E-state index in [1.165, 1.54) is 17.3 Å². The van der Waals surface area contributed by atoms with E-state index in [0.717, 1.165) is 5.75 Å². The largest absolute Gasteiger partial charge is 0.486 e. The van der Waals surface area contributed by atoms with Gasteiger partial charge in [-0.3, -0.25) is 4.79 Å². The van der Waals surface area contributed by atoms with Crippen LogP contribution in [0.1, 0.15) is 13.0 Å². The zero-order valence-electron chi connectivity index (χ0n) is 12.5. The SMILES string of the molecule is CC(C(=O)N(C)CC1COc2ccccc2O1)n1cncn1. The Morgan fingerprint density at radius 1 is 1.45 bits per heavy atom. The van der Waals surface area contributed by atoms with Crippen molar-refractivity contribution in [3.8, 4) is 11.5 Å². The first-order valence-electron chi connectivity index (χ1n) is 7.12. The molecule has 1 amide bonds. The molecule has 0 aliphatic carbocycles. The third-order valence-electron chi connectivity index (χ3n) is 3.61. The molecule has 2 heterocycles. The van der Waals surface area contributed by atoms with Crippen LogP contribution in [0.5, 0.6) is 11.5 Å². The summed E-state index contributed by atoms with van der Waals surface area (Å²) in [6, 6.07) is 7.13. The third kappa shape index (κ3) is 2.88. The van der Waals surface area contributed by atoms with Crippen LogP contribution in [0.25, 0.3) is 0 Å². The van der Waals surface area contributed by atoms with E-state index in [9.17, 15) is 4.79 Å². The van der Waals surface area contributed by atoms with Gasteiger partial charge in [-0.2, -0.15) is 5.10 Å². The van der Waals surface area contributed by atoms with E-state index < -0.39 is 6.04 Å². The molecule has 2 atom stereocenters. The number of rotatable bonds is 4. The Hall–Kier alpha value is -2.57. The molecule has 0 fully saturated rings. The van der Waals surface area contributed by atoms with Gasteiger partial charge in [0.15, 0.2) is 17.6 Å². The van der Waals surface area contributed by atoms with Gasteiger partial charge in [-0.05, 0) is 19.1 Å². The zero-order chi connectivity index (χ0) is 15.5. The molecule has 1 aliphatic rings. The molecule has 0 saturated carbocycles. The number of amides is 1. The molecule has 2 unspecified atom stereocenters. The maximum Gasteiger partial charge on any atom is 0.247 e. The fraction of sp³-hybridized carbons (Fsp3) is 0.400. The standard InChI is InChI=1S/C15H18N4O3/c1-11(19-10-16-9-17-19)15(20)18(2)7-12-8-21-13-5-3-4-6-14(13)22-12/h3-6,9-12H,7-8H2,1-2H3. The summed E-state index contributed by atoms with van der Waals surface area (Å²) in [5, 5.41) is 4.00. The summed E-state index contributed by atoms with van der Waals surface area (Å²) >= 11 is 0. The van der Waals surface area contributed by atoms with Gasteiger partial charge in [-0.1, -0.05) is 12.1 Å². The van der Waals surface area contributed by atoms with Crippen LogP contribution >= 0.6 is 0 Å². The molecular formula is C15H18N4O3. The third-order valence-corrected chi connectivity index (χ3v) is 3.61. The quantitative estimate of drug-likeness (QED) is 0.847. The highest BCUT2D eigenvalue weighted by Crippen LogP contribution is 2.31. The van der Waals surface area contributed by atoms with Crippen molar-refractivity contribution in [3.63, 3.8) is 0 Å². The van der Waals surface area contributed by atoms with Gasteiger partial charge in [0.05, 0.1) is 6.54 Å². The van der Waals surface area contributed by atoms with Gasteiger partial charge in [-0.15, -0.1) is 0 Å². The van der Waals surface area contributed by atoms with Crippen LogP contribution in [0.2, 0.25) is 0 Å². The number of hydrogen-bond donors (Lipinski definition) is 0. The predicted molar refractivity (Wildman–Crippen MR) is 78.7 cm³/mol. The maximum atomic E-state index is 12.4. The number of likely N-dealkylation sites (N-methyl/N-ethyl adjacent to an activating group) is 1. The Morgan fingerprint density at radius 2 is 2.23 bits per heavy atom. The van der Waals surface area contributed by atoms with Crippen molar-refractivity contribution in [3.05, 3.63) is 36.9 Å². The van der Waals surface area contributed by atoms with Gasteiger partial charge < -0.3 is 14.4 Å². The van der Waals surface area contributed by atoms with E-state index in [2.05, 4.69) is 10.1 Å². The lowest BCUT2D eigenvalue weighted by Crippen LogP contribution is -2.43. The molecule has 116 valence electrons. The van der Waals surface area contributed by atoms with Crippen molar-refractivity contribution < 1.29 is 14.3 Å². The highest BCUT2D eigenvalue weighted by Gasteiger charge is 2.26. The first-order valence-corrected chi connectivity index (χ1v) is 7.12. The zero-order valence-corrected chi connectivity index (χ0v) is 12.5. The number of aromatic nitrogens is 3. The molecule has 7 heteroatoms. The summed E-state index contributed by atoms with van der Waals surface area (Å²) in [6.45, 7) is 2.67. The Morgan fingerprint density at radius 3 is 2.95 bits per heavy atom. The van der Waals surface area contributed by atoms with Crippen LogP contribution in [-0.2, 0) is 4.79 Å². The van der Waals surface area contributed by atoms with Crippen LogP contribution < -0.4 is 9.47 Å². The van der Waals surface area contributed by atoms with E-state index in [1.807, 2.05) is 24.3 Å². The second-order valence-electron chi connectivity index (χ2n) is 5.27. The van der Waals surface area contributed by atoms with Gasteiger partial charge in [0.2, 0.25) is 5.91 Å². The number of ether oxygens (including phenoxy) is 2. The molecule has 22 heavy (non-hydrogen) atoms. The first kappa shape index (κ1) is 14.4. The molecule has 1 aromatic heterocycles. The lowest BCUT2D eigenvalue weighted by atomic mass is 10.2. The summed E-state index contributed by atoms with van der Waals surface area (Å²) < 4.78 is 13.1. The molecule has 2 aromatic rings. The van der Waals surface area contributed by atoms with Crippen LogP contribution in [-0.4, -0.2) is 51.9 Å². The van der Waals surface area contributed by atoms with Gasteiger partial charge in [0, 0.05) is 7.05 Å². The number of hydrogen-bond acceptors (Lipinski definition) is 5. The van der Waals surface area contributed by atoms with Gasteiger partial charge >= 0.3 is 0 Å². The minimum atomic E-state index is -0.399. The fourth-order valence-electron chi connectivity index (χ4n) is 2.40. The van der Waals surface area contributed by atoms with Crippen LogP contribution in [0.3, 0.4) is 0 Å². The van der Waals surface area contributed by atoms with Gasteiger partial charge in [0.25, 0.3) is 0 Å². The predicted octanol–water partition coefficient (Wildman–Crippen LogP) is 1.14. The number of fused-ring (bicyclic) bond motifs is 1. The number of carbonyl (C=O) groups excluding carboxylic acids is 1. The van der Waals surface area contributed by atoms with Crippen molar-refractivity contribution in [2.45, 2.75) is 19.1 Å². The monoisotopic (exact) mass is 302 g/mol. The van der Waals surface area contributed by atoms with Gasteiger partial charge in [0.1, 0.15) is 25.3 Å². The van der Waals surface area contributed by atoms with Crippen LogP contribution in [0.15, 0.2) is 36.9 Å². The van der Waals surface area contributed by atoms with Gasteiger partial charge in [-0.25, -0.2) is 9.67 Å². The second-order valence-corrected chi connectivity index (χ2v) is 5.27. The molecule has 3 rings (SSSR count). The first-order chi connectivity index (χ1) is 10.6. The Balaban J connectivity index is 1.60. The highest BCUT2D eigenvalue weighted by atomic mass is 16.6. The van der Waals surface area contributed by atoms with E-state index in [1.54, 1.807) is 18.9 Å². The molecule has 0 N–H and O–H groups in total. The number of carbonyl (C=O) groups is 1. The highest BCUT2D eigenvalue weighted by molar-refractivity contribution is 5.79. The topological polar surface area (TPSA) is 69.5 Å². The average Bonchev–Trinajstić information content (AvgIpc) is 3.07. The van der Waals surface area contributed by atoms with Crippen LogP contribution in [0.4, 0.5) is 0 Å². The normalized spacial score (nSPS) is 17.8. The van der Waals surface area contributed by atoms with Crippen molar-refractivity contribution in [2.24, 2.45) is 0 Å². The average molecular weight is 302 g/mol. The minimum Gasteiger partial charge on any atom is -0.486 e. The maximum absolute atomic E-state index is 12.4. The van der Waals surface area contributed by atoms with E-state index in [0.29, 0.717) is 18.9 Å². The Labute approximate surface area is 128 Å². The molecule has 0 spiro atoms. The molecule has 1 aliphatic heterocycles. The van der Waals surface area contributed by atoms with E-state index in [4.69, 9.17) is 9.47 Å².